The first kappa shape index (κ1) is 17.6. The number of rotatable bonds is 3. The minimum absolute atomic E-state index is 0.136. The smallest absolute Gasteiger partial charge is 0.350 e. The van der Waals surface area contributed by atoms with Crippen molar-refractivity contribution in [2.45, 2.75) is 45.3 Å². The normalized spacial score (nSPS) is 25.5. The maximum Gasteiger partial charge on any atom is 0.416 e. The molecule has 0 saturated heterocycles. The molecule has 0 heterocycles. The molecule has 1 amide bonds. The molecule has 0 spiro atoms. The molecule has 0 radical (unpaired) electrons. The number of carbonyl (C=O) groups excluding carboxylic acids is 1. The van der Waals surface area contributed by atoms with Crippen molar-refractivity contribution in [3.05, 3.63) is 41.5 Å². The van der Waals surface area contributed by atoms with E-state index in [1.807, 2.05) is 0 Å². The maximum absolute atomic E-state index is 12.7. The van der Waals surface area contributed by atoms with Crippen molar-refractivity contribution >= 4 is 12.0 Å². The minimum atomic E-state index is -4.38. The monoisotopic (exact) mass is 325 g/mol. The number of halogens is 3. The highest BCUT2D eigenvalue weighted by atomic mass is 19.4. The van der Waals surface area contributed by atoms with E-state index in [0.717, 1.165) is 25.0 Å². The van der Waals surface area contributed by atoms with E-state index < -0.39 is 11.7 Å². The fourth-order valence-electron chi connectivity index (χ4n) is 3.01. The Morgan fingerprint density at radius 2 is 2.00 bits per heavy atom. The summed E-state index contributed by atoms with van der Waals surface area (Å²) >= 11 is 0. The molecule has 1 fully saturated rings. The Hall–Kier alpha value is -1.78. The van der Waals surface area contributed by atoms with E-state index in [0.29, 0.717) is 17.4 Å². The molecule has 2 rings (SSSR count). The van der Waals surface area contributed by atoms with Gasteiger partial charge in [-0.25, -0.2) is 0 Å². The lowest BCUT2D eigenvalue weighted by Gasteiger charge is -2.34. The first-order valence-corrected chi connectivity index (χ1v) is 7.93. The van der Waals surface area contributed by atoms with Crippen LogP contribution in [0, 0.1) is 11.8 Å². The highest BCUT2D eigenvalue weighted by molar-refractivity contribution is 5.91. The zero-order valence-electron chi connectivity index (χ0n) is 13.4. The zero-order chi connectivity index (χ0) is 17.0. The summed E-state index contributed by atoms with van der Waals surface area (Å²) < 4.78 is 38.0. The molecular formula is C18H22F3NO. The van der Waals surface area contributed by atoms with Crippen LogP contribution in [0.5, 0.6) is 0 Å². The van der Waals surface area contributed by atoms with E-state index in [-0.39, 0.29) is 11.9 Å². The van der Waals surface area contributed by atoms with Gasteiger partial charge in [0.05, 0.1) is 5.56 Å². The summed E-state index contributed by atoms with van der Waals surface area (Å²) in [5.74, 6) is 0.726. The Kier molecular flexibility index (Phi) is 5.50. The molecule has 2 nitrogen and oxygen atoms in total. The van der Waals surface area contributed by atoms with Crippen LogP contribution in [0.4, 0.5) is 13.2 Å². The molecule has 23 heavy (non-hydrogen) atoms. The standard InChI is InChI=1S/C18H22F3NO/c1-12-5-3-8-16(13(12)2)22-17(23)10-9-14-6-4-7-15(11-14)18(19,20)21/h4,6-7,9-13,16H,3,5,8H2,1-2H3,(H,22,23)/b10-9+/t12-,13-,16-/m1/s1. The number of hydrogen-bond acceptors (Lipinski definition) is 1. The van der Waals surface area contributed by atoms with Gasteiger partial charge in [-0.2, -0.15) is 13.2 Å². The molecule has 1 saturated carbocycles. The van der Waals surface area contributed by atoms with Gasteiger partial charge in [0.2, 0.25) is 5.91 Å². The Bertz CT molecular complexity index is 580. The lowest BCUT2D eigenvalue weighted by atomic mass is 9.78. The Morgan fingerprint density at radius 1 is 1.26 bits per heavy atom. The molecule has 0 unspecified atom stereocenters. The number of alkyl halides is 3. The molecule has 1 N–H and O–H groups in total. The van der Waals surface area contributed by atoms with Gasteiger partial charge in [0.15, 0.2) is 0 Å². The third kappa shape index (κ3) is 4.85. The quantitative estimate of drug-likeness (QED) is 0.805. The second-order valence-electron chi connectivity index (χ2n) is 6.34. The first-order chi connectivity index (χ1) is 10.8. The predicted molar refractivity (Wildman–Crippen MR) is 84.6 cm³/mol. The number of hydrogen-bond donors (Lipinski definition) is 1. The van der Waals surface area contributed by atoms with Gasteiger partial charge in [-0.15, -0.1) is 0 Å². The highest BCUT2D eigenvalue weighted by Crippen LogP contribution is 2.30. The van der Waals surface area contributed by atoms with Crippen LogP contribution in [-0.2, 0) is 11.0 Å². The maximum atomic E-state index is 12.7. The van der Waals surface area contributed by atoms with E-state index in [9.17, 15) is 18.0 Å². The van der Waals surface area contributed by atoms with Crippen molar-refractivity contribution in [2.75, 3.05) is 0 Å². The summed E-state index contributed by atoms with van der Waals surface area (Å²) in [6, 6.07) is 5.07. The van der Waals surface area contributed by atoms with Crippen molar-refractivity contribution in [1.82, 2.24) is 5.32 Å². The number of carbonyl (C=O) groups is 1. The largest absolute Gasteiger partial charge is 0.416 e. The fourth-order valence-corrected chi connectivity index (χ4v) is 3.01. The average Bonchev–Trinajstić information content (AvgIpc) is 2.49. The molecule has 0 bridgehead atoms. The van der Waals surface area contributed by atoms with Gasteiger partial charge in [0.25, 0.3) is 0 Å². The topological polar surface area (TPSA) is 29.1 Å². The highest BCUT2D eigenvalue weighted by Gasteiger charge is 2.30. The van der Waals surface area contributed by atoms with Gasteiger partial charge in [0.1, 0.15) is 0 Å². The Morgan fingerprint density at radius 3 is 2.70 bits per heavy atom. The second kappa shape index (κ2) is 7.20. The molecule has 5 heteroatoms. The summed E-state index contributed by atoms with van der Waals surface area (Å²) in [5, 5.41) is 2.97. The molecule has 1 aromatic carbocycles. The van der Waals surface area contributed by atoms with Crippen LogP contribution in [0.15, 0.2) is 30.3 Å². The molecule has 1 aromatic rings. The van der Waals surface area contributed by atoms with Crippen molar-refractivity contribution in [3.63, 3.8) is 0 Å². The van der Waals surface area contributed by atoms with Crippen molar-refractivity contribution < 1.29 is 18.0 Å². The SMILES string of the molecule is C[C@@H]1[C@H](C)CCC[C@H]1NC(=O)/C=C/c1cccc(C(F)(F)F)c1. The summed E-state index contributed by atoms with van der Waals surface area (Å²) in [6.45, 7) is 4.31. The minimum Gasteiger partial charge on any atom is -0.350 e. The molecule has 1 aliphatic carbocycles. The second-order valence-corrected chi connectivity index (χ2v) is 6.34. The van der Waals surface area contributed by atoms with Crippen LogP contribution >= 0.6 is 0 Å². The van der Waals surface area contributed by atoms with Crippen molar-refractivity contribution in [3.8, 4) is 0 Å². The summed E-state index contributed by atoms with van der Waals surface area (Å²) in [4.78, 5) is 12.0. The van der Waals surface area contributed by atoms with Gasteiger partial charge in [-0.3, -0.25) is 4.79 Å². The number of benzene rings is 1. The van der Waals surface area contributed by atoms with Gasteiger partial charge >= 0.3 is 6.18 Å². The van der Waals surface area contributed by atoms with Crippen molar-refractivity contribution in [1.29, 1.82) is 0 Å². The van der Waals surface area contributed by atoms with E-state index >= 15 is 0 Å². The van der Waals surface area contributed by atoms with Crippen LogP contribution < -0.4 is 5.32 Å². The van der Waals surface area contributed by atoms with Crippen LogP contribution in [0.1, 0.15) is 44.2 Å². The zero-order valence-corrected chi connectivity index (χ0v) is 13.4. The first-order valence-electron chi connectivity index (χ1n) is 7.93. The lowest BCUT2D eigenvalue weighted by molar-refractivity contribution is -0.137. The van der Waals surface area contributed by atoms with Crippen LogP contribution in [0.2, 0.25) is 0 Å². The van der Waals surface area contributed by atoms with Crippen LogP contribution in [-0.4, -0.2) is 11.9 Å². The summed E-state index contributed by atoms with van der Waals surface area (Å²) in [5.41, 5.74) is -0.352. The number of amides is 1. The summed E-state index contributed by atoms with van der Waals surface area (Å²) in [6.07, 6.45) is 1.57. The van der Waals surface area contributed by atoms with Crippen LogP contribution in [0.25, 0.3) is 6.08 Å². The Balaban J connectivity index is 1.98. The van der Waals surface area contributed by atoms with Gasteiger partial charge < -0.3 is 5.32 Å². The molecule has 0 aromatic heterocycles. The fraction of sp³-hybridized carbons (Fsp3) is 0.500. The van der Waals surface area contributed by atoms with E-state index in [2.05, 4.69) is 19.2 Å². The molecule has 3 atom stereocenters. The van der Waals surface area contributed by atoms with Crippen LogP contribution in [0.3, 0.4) is 0 Å². The molecular weight excluding hydrogens is 303 g/mol. The average molecular weight is 325 g/mol. The van der Waals surface area contributed by atoms with E-state index in [1.54, 1.807) is 6.07 Å². The van der Waals surface area contributed by atoms with Gasteiger partial charge in [0, 0.05) is 12.1 Å². The molecule has 126 valence electrons. The third-order valence-electron chi connectivity index (χ3n) is 4.68. The molecule has 1 aliphatic rings. The predicted octanol–water partition coefficient (Wildman–Crippen LogP) is 4.66. The van der Waals surface area contributed by atoms with Crippen molar-refractivity contribution in [2.24, 2.45) is 11.8 Å². The van der Waals surface area contributed by atoms with Gasteiger partial charge in [-0.05, 0) is 42.0 Å². The molecule has 0 aliphatic heterocycles. The summed E-state index contributed by atoms with van der Waals surface area (Å²) in [7, 11) is 0. The number of nitrogens with one attached hydrogen (secondary N) is 1. The van der Waals surface area contributed by atoms with E-state index in [1.165, 1.54) is 24.6 Å². The Labute approximate surface area is 134 Å². The lowest BCUT2D eigenvalue weighted by Crippen LogP contribution is -2.43. The van der Waals surface area contributed by atoms with Gasteiger partial charge in [-0.1, -0.05) is 38.8 Å². The third-order valence-corrected chi connectivity index (χ3v) is 4.68. The van der Waals surface area contributed by atoms with E-state index in [4.69, 9.17) is 0 Å².